The van der Waals surface area contributed by atoms with E-state index >= 15 is 0 Å². The second-order valence-corrected chi connectivity index (χ2v) is 29.6. The predicted octanol–water partition coefficient (Wildman–Crippen LogP) is 11.7. The number of hydrogen-bond acceptors (Lipinski definition) is 18. The fourth-order valence-corrected chi connectivity index (χ4v) is 14.0. The van der Waals surface area contributed by atoms with Crippen molar-refractivity contribution < 1.29 is 105 Å². The van der Waals surface area contributed by atoms with Crippen LogP contribution in [0.5, 0.6) is 34.5 Å². The summed E-state index contributed by atoms with van der Waals surface area (Å²) in [6.07, 6.45) is 0. The molecule has 0 aliphatic heterocycles. The van der Waals surface area contributed by atoms with Crippen LogP contribution in [0.2, 0.25) is 0 Å². The molecule has 0 radical (unpaired) electrons. The Kier molecular flexibility index (Phi) is 31.0. The van der Waals surface area contributed by atoms with E-state index in [-0.39, 0.29) is 52.9 Å². The van der Waals surface area contributed by atoms with E-state index in [2.05, 4.69) is 0 Å². The summed E-state index contributed by atoms with van der Waals surface area (Å²) in [5, 5.41) is 1.08. The Bertz CT molecular complexity index is 3740. The zero-order valence-electron chi connectivity index (χ0n) is 51.1. The molecule has 0 aliphatic rings. The molecule has 18 nitrogen and oxygen atoms in total. The fourth-order valence-electron chi connectivity index (χ4n) is 7.70. The maximum absolute atomic E-state index is 11.8. The maximum Gasteiger partial charge on any atom is 0.214 e. The Morgan fingerprint density at radius 2 is 0.237 bits per heavy atom. The molecule has 6 unspecified atom stereocenters. The topological polar surface area (TPSA) is 296 Å². The van der Waals surface area contributed by atoms with E-state index < -0.39 is 45.6 Å². The summed E-state index contributed by atoms with van der Waals surface area (Å²) in [5.41, 5.74) is 0. The van der Waals surface area contributed by atoms with Crippen molar-refractivity contribution in [2.45, 2.75) is 0 Å². The minimum Gasteiger partial charge on any atom is -0.765 e. The standard InChI is InChI=1S/6C12H11O3P.Mo/c6*13-16(14,12-9-5-2-6-10-12)15-11-7-3-1-4-8-11;/h6*1-10H,(H,13,14);/p-6. The van der Waals surface area contributed by atoms with E-state index in [1.807, 2.05) is 0 Å². The van der Waals surface area contributed by atoms with E-state index in [0.29, 0.717) is 34.5 Å². The fraction of sp³-hybridized carbons (Fsp3) is 0. The quantitative estimate of drug-likeness (QED) is 0.0569. The van der Waals surface area contributed by atoms with Crippen LogP contribution in [0.25, 0.3) is 0 Å². The van der Waals surface area contributed by atoms with Crippen molar-refractivity contribution in [3.8, 4) is 34.5 Å². The Morgan fingerprint density at radius 1 is 0.155 bits per heavy atom. The van der Waals surface area contributed by atoms with Gasteiger partial charge in [-0.05, 0) is 146 Å². The molecule has 0 heterocycles. The van der Waals surface area contributed by atoms with Crippen molar-refractivity contribution in [1.82, 2.24) is 0 Å². The molecular weight excluding hydrogens is 1430 g/mol. The van der Waals surface area contributed by atoms with E-state index in [9.17, 15) is 56.8 Å². The average Bonchev–Trinajstić information content (AvgIpc) is 1.95. The first-order valence-corrected chi connectivity index (χ1v) is 38.0. The number of hydrogen-bond donors (Lipinski definition) is 0. The van der Waals surface area contributed by atoms with Gasteiger partial charge in [-0.3, -0.25) is 27.4 Å². The Hall–Kier alpha value is -8.73. The first-order chi connectivity index (χ1) is 46.1. The van der Waals surface area contributed by atoms with Gasteiger partial charge < -0.3 is 56.5 Å². The van der Waals surface area contributed by atoms with Gasteiger partial charge in [-0.1, -0.05) is 218 Å². The molecule has 0 saturated carbocycles. The van der Waals surface area contributed by atoms with Gasteiger partial charge in [0.2, 0.25) is 45.6 Å². The maximum atomic E-state index is 11.8. The van der Waals surface area contributed by atoms with Gasteiger partial charge in [0.1, 0.15) is 34.5 Å². The van der Waals surface area contributed by atoms with Crippen LogP contribution in [-0.4, -0.2) is 0 Å². The molecule has 0 aromatic heterocycles. The van der Waals surface area contributed by atoms with Gasteiger partial charge in [-0.15, -0.1) is 0 Å². The van der Waals surface area contributed by atoms with Crippen molar-refractivity contribution in [3.63, 3.8) is 0 Å². The van der Waals surface area contributed by atoms with E-state index in [1.54, 1.807) is 291 Å². The van der Waals surface area contributed by atoms with E-state index in [0.717, 1.165) is 0 Å². The van der Waals surface area contributed by atoms with Crippen molar-refractivity contribution in [1.29, 1.82) is 0 Å². The van der Waals surface area contributed by atoms with Gasteiger partial charge >= 0.3 is 0 Å². The van der Waals surface area contributed by atoms with Crippen LogP contribution in [0.1, 0.15) is 0 Å². The minimum absolute atomic E-state index is 0. The molecule has 6 atom stereocenters. The molecule has 25 heteroatoms. The molecular formula is C72H60MoO18P6-6. The summed E-state index contributed by atoms with van der Waals surface area (Å²) in [7, 11) is -24.1. The molecule has 0 spiro atoms. The Labute approximate surface area is 577 Å². The van der Waals surface area contributed by atoms with Gasteiger partial charge in [0, 0.05) is 52.9 Å². The van der Waals surface area contributed by atoms with Gasteiger partial charge in [0.25, 0.3) is 0 Å². The molecule has 0 fully saturated rings. The Balaban J connectivity index is 0.000000183. The SMILES string of the molecule is O=P([O-])(Oc1ccccc1)c1ccccc1.O=P([O-])(Oc1ccccc1)c1ccccc1.O=P([O-])(Oc1ccccc1)c1ccccc1.O=P([O-])(Oc1ccccc1)c1ccccc1.O=P([O-])(Oc1ccccc1)c1ccccc1.O=P([O-])(Oc1ccccc1)c1ccccc1.[Mo]. The monoisotopic (exact) mass is 1500 g/mol. The van der Waals surface area contributed by atoms with Crippen LogP contribution >= 0.6 is 45.6 Å². The van der Waals surface area contributed by atoms with E-state index in [1.165, 1.54) is 72.8 Å². The molecule has 12 rings (SSSR count). The summed E-state index contributed by atoms with van der Waals surface area (Å²) < 4.78 is 101. The van der Waals surface area contributed by atoms with Gasteiger partial charge in [-0.25, -0.2) is 0 Å². The van der Waals surface area contributed by atoms with Crippen molar-refractivity contribution >= 4 is 77.4 Å². The van der Waals surface area contributed by atoms with Gasteiger partial charge in [0.15, 0.2) is 0 Å². The second-order valence-electron chi connectivity index (χ2n) is 19.4. The molecule has 0 bridgehead atoms. The van der Waals surface area contributed by atoms with Gasteiger partial charge in [0.05, 0.1) is 0 Å². The summed E-state index contributed by atoms with van der Waals surface area (Å²) in [4.78, 5) is 70.8. The van der Waals surface area contributed by atoms with Crippen LogP contribution in [0, 0.1) is 0 Å². The summed E-state index contributed by atoms with van der Waals surface area (Å²) in [6.45, 7) is 0. The second kappa shape index (κ2) is 38.9. The first-order valence-electron chi connectivity index (χ1n) is 28.8. The van der Waals surface area contributed by atoms with Crippen LogP contribution in [-0.2, 0) is 48.5 Å². The third kappa shape index (κ3) is 27.0. The molecule has 97 heavy (non-hydrogen) atoms. The molecule has 0 amide bonds. The third-order valence-corrected chi connectivity index (χ3v) is 20.5. The normalized spacial score (nSPS) is 13.9. The largest absolute Gasteiger partial charge is 0.765 e. The summed E-state index contributed by atoms with van der Waals surface area (Å²) in [6, 6.07) is 99.3. The van der Waals surface area contributed by atoms with Crippen LogP contribution in [0.3, 0.4) is 0 Å². The zero-order valence-corrected chi connectivity index (χ0v) is 58.5. The molecule has 498 valence electrons. The molecule has 0 aliphatic carbocycles. The van der Waals surface area contributed by atoms with Crippen molar-refractivity contribution in [2.75, 3.05) is 0 Å². The molecule has 12 aromatic rings. The summed E-state index contributed by atoms with van der Waals surface area (Å²) >= 11 is 0. The third-order valence-electron chi connectivity index (χ3n) is 12.2. The zero-order chi connectivity index (χ0) is 68.6. The van der Waals surface area contributed by atoms with Crippen LogP contribution < -0.4 is 88.3 Å². The minimum atomic E-state index is -4.02. The average molecular weight is 1500 g/mol. The van der Waals surface area contributed by atoms with E-state index in [4.69, 9.17) is 27.1 Å². The molecule has 12 aromatic carbocycles. The molecule has 0 N–H and O–H groups in total. The smallest absolute Gasteiger partial charge is 0.214 e. The number of rotatable bonds is 18. The van der Waals surface area contributed by atoms with Gasteiger partial charge in [-0.2, -0.15) is 0 Å². The first kappa shape index (κ1) is 77.3. The number of para-hydroxylation sites is 6. The van der Waals surface area contributed by atoms with Crippen LogP contribution in [0.4, 0.5) is 0 Å². The number of benzene rings is 12. The van der Waals surface area contributed by atoms with Crippen LogP contribution in [0.15, 0.2) is 364 Å². The van der Waals surface area contributed by atoms with Crippen molar-refractivity contribution in [3.05, 3.63) is 364 Å². The van der Waals surface area contributed by atoms with Crippen molar-refractivity contribution in [2.24, 2.45) is 0 Å². The summed E-state index contributed by atoms with van der Waals surface area (Å²) in [5.74, 6) is 1.94. The molecule has 0 saturated heterocycles. The Morgan fingerprint density at radius 3 is 0.330 bits per heavy atom. The predicted molar refractivity (Wildman–Crippen MR) is 365 cm³/mol.